The molecule has 1 atom stereocenters. The second-order valence-electron chi connectivity index (χ2n) is 10.8. The molecular formula is C30H35N3O6S2. The number of ketones is 1. The second kappa shape index (κ2) is 12.3. The van der Waals surface area contributed by atoms with Crippen molar-refractivity contribution in [3.05, 3.63) is 61.7 Å². The molecule has 4 rings (SSSR count). The van der Waals surface area contributed by atoms with Crippen molar-refractivity contribution >= 4 is 38.8 Å². The van der Waals surface area contributed by atoms with Crippen molar-refractivity contribution < 1.29 is 22.4 Å². The molecule has 1 aliphatic rings. The van der Waals surface area contributed by atoms with Crippen molar-refractivity contribution in [1.29, 1.82) is 5.26 Å². The van der Waals surface area contributed by atoms with E-state index < -0.39 is 15.4 Å². The van der Waals surface area contributed by atoms with E-state index in [1.54, 1.807) is 77.1 Å². The first-order chi connectivity index (χ1) is 19.4. The first-order valence-electron chi connectivity index (χ1n) is 13.6. The molecule has 3 heterocycles. The van der Waals surface area contributed by atoms with Gasteiger partial charge >= 0.3 is 0 Å². The van der Waals surface area contributed by atoms with Crippen LogP contribution < -0.4 is 14.8 Å². The van der Waals surface area contributed by atoms with E-state index in [1.165, 1.54) is 8.87 Å². The minimum atomic E-state index is -3.57. The lowest BCUT2D eigenvalue weighted by Gasteiger charge is -2.18. The van der Waals surface area contributed by atoms with Crippen molar-refractivity contribution in [2.24, 2.45) is 5.41 Å². The maximum atomic E-state index is 13.5. The molecule has 0 aliphatic carbocycles. The summed E-state index contributed by atoms with van der Waals surface area (Å²) >= 11 is 1.09. The Balaban J connectivity index is 1.75. The van der Waals surface area contributed by atoms with Crippen LogP contribution in [0.2, 0.25) is 0 Å². The van der Waals surface area contributed by atoms with Gasteiger partial charge in [-0.2, -0.15) is 9.57 Å². The number of thiazole rings is 1. The predicted molar refractivity (Wildman–Crippen MR) is 158 cm³/mol. The molecule has 0 radical (unpaired) electrons. The number of hydrogen-bond acceptors (Lipinski definition) is 8. The highest BCUT2D eigenvalue weighted by atomic mass is 32.2. The SMILES string of the molecule is CCN(CC)S(=O)(=O)c1ccc(-c2ccc(C=c3sc(=C(C#N)C(=O)C(C)(C)C)n(CC4CCCO4)c3=O)o2)cc1. The molecule has 1 saturated heterocycles. The van der Waals surface area contributed by atoms with Gasteiger partial charge in [0.15, 0.2) is 5.78 Å². The van der Waals surface area contributed by atoms with Crippen LogP contribution >= 0.6 is 11.3 Å². The van der Waals surface area contributed by atoms with Crippen LogP contribution in [-0.2, 0) is 26.1 Å². The largest absolute Gasteiger partial charge is 0.457 e. The average Bonchev–Trinajstić information content (AvgIpc) is 3.68. The summed E-state index contributed by atoms with van der Waals surface area (Å²) in [4.78, 5) is 26.9. The van der Waals surface area contributed by atoms with Crippen LogP contribution in [0.4, 0.5) is 0 Å². The van der Waals surface area contributed by atoms with Crippen molar-refractivity contribution in [2.75, 3.05) is 19.7 Å². The zero-order valence-corrected chi connectivity index (χ0v) is 25.6. The average molecular weight is 598 g/mol. The van der Waals surface area contributed by atoms with Gasteiger partial charge in [0, 0.05) is 36.8 Å². The molecule has 218 valence electrons. The number of furan rings is 1. The van der Waals surface area contributed by atoms with Crippen LogP contribution in [0.25, 0.3) is 23.0 Å². The standard InChI is InChI=1S/C30H35N3O6S2/c1-6-32(7-2)41(36,37)23-13-10-20(11-14-23)25-15-12-21(39-25)17-26-28(35)33(19-22-9-8-16-38-22)29(40-26)24(18-31)27(34)30(3,4)5/h10-15,17,22H,6-9,16,19H2,1-5H3. The summed E-state index contributed by atoms with van der Waals surface area (Å²) < 4.78 is 40.9. The summed E-state index contributed by atoms with van der Waals surface area (Å²) in [6.45, 7) is 10.5. The van der Waals surface area contributed by atoms with Gasteiger partial charge in [0.05, 0.1) is 22.1 Å². The van der Waals surface area contributed by atoms with E-state index in [9.17, 15) is 23.3 Å². The van der Waals surface area contributed by atoms with E-state index in [4.69, 9.17) is 9.15 Å². The number of Topliss-reactive ketones (excluding diaryl/α,β-unsaturated/α-hetero) is 1. The van der Waals surface area contributed by atoms with Gasteiger partial charge in [-0.05, 0) is 49.2 Å². The highest BCUT2D eigenvalue weighted by Crippen LogP contribution is 2.25. The summed E-state index contributed by atoms with van der Waals surface area (Å²) in [5.74, 6) is 0.585. The third-order valence-corrected chi connectivity index (χ3v) is 10.1. The molecule has 0 saturated carbocycles. The number of carbonyl (C=O) groups excluding carboxylic acids is 1. The first-order valence-corrected chi connectivity index (χ1v) is 15.9. The molecule has 1 aliphatic heterocycles. The molecule has 0 amide bonds. The van der Waals surface area contributed by atoms with Gasteiger partial charge in [-0.15, -0.1) is 11.3 Å². The number of nitrogens with zero attached hydrogens (tertiary/aromatic N) is 3. The molecule has 0 bridgehead atoms. The van der Waals surface area contributed by atoms with Gasteiger partial charge in [-0.1, -0.05) is 34.6 Å². The summed E-state index contributed by atoms with van der Waals surface area (Å²) in [6, 6.07) is 12.0. The summed E-state index contributed by atoms with van der Waals surface area (Å²) in [5.41, 5.74) is -0.475. The van der Waals surface area contributed by atoms with Crippen LogP contribution in [0.1, 0.15) is 53.2 Å². The number of aromatic nitrogens is 1. The van der Waals surface area contributed by atoms with Crippen LogP contribution in [0.15, 0.2) is 50.5 Å². The number of carbonyl (C=O) groups is 1. The fourth-order valence-electron chi connectivity index (χ4n) is 4.65. The second-order valence-corrected chi connectivity index (χ2v) is 13.8. The van der Waals surface area contributed by atoms with E-state index in [1.807, 2.05) is 6.07 Å². The predicted octanol–water partition coefficient (Wildman–Crippen LogP) is 3.50. The van der Waals surface area contributed by atoms with Crippen LogP contribution in [-0.4, -0.2) is 48.9 Å². The molecule has 41 heavy (non-hydrogen) atoms. The van der Waals surface area contributed by atoms with Crippen molar-refractivity contribution in [1.82, 2.24) is 8.87 Å². The Morgan fingerprint density at radius 2 is 1.85 bits per heavy atom. The van der Waals surface area contributed by atoms with Gasteiger partial charge < -0.3 is 9.15 Å². The monoisotopic (exact) mass is 597 g/mol. The van der Waals surface area contributed by atoms with Crippen molar-refractivity contribution in [3.8, 4) is 17.4 Å². The molecule has 3 aromatic rings. The van der Waals surface area contributed by atoms with Crippen molar-refractivity contribution in [2.45, 2.75) is 65.0 Å². The molecule has 1 unspecified atom stereocenters. The van der Waals surface area contributed by atoms with Gasteiger partial charge in [-0.3, -0.25) is 14.2 Å². The lowest BCUT2D eigenvalue weighted by Crippen LogP contribution is -2.37. The molecule has 1 fully saturated rings. The van der Waals surface area contributed by atoms with Gasteiger partial charge in [-0.25, -0.2) is 8.42 Å². The Bertz CT molecular complexity index is 1740. The molecule has 11 heteroatoms. The van der Waals surface area contributed by atoms with Gasteiger partial charge in [0.2, 0.25) is 10.0 Å². The number of nitriles is 1. The third kappa shape index (κ3) is 6.46. The maximum absolute atomic E-state index is 13.5. The van der Waals surface area contributed by atoms with Gasteiger partial charge in [0.25, 0.3) is 5.56 Å². The molecule has 9 nitrogen and oxygen atoms in total. The zero-order chi connectivity index (χ0) is 29.9. The van der Waals surface area contributed by atoms with Gasteiger partial charge in [0.1, 0.15) is 27.8 Å². The Morgan fingerprint density at radius 3 is 2.41 bits per heavy atom. The summed E-state index contributed by atoms with van der Waals surface area (Å²) in [7, 11) is -3.57. The smallest absolute Gasteiger partial charge is 0.269 e. The molecule has 0 spiro atoms. The summed E-state index contributed by atoms with van der Waals surface area (Å²) in [6.07, 6.45) is 3.13. The van der Waals surface area contributed by atoms with E-state index >= 15 is 0 Å². The van der Waals surface area contributed by atoms with E-state index in [0.29, 0.717) is 46.0 Å². The Labute approximate surface area is 244 Å². The summed E-state index contributed by atoms with van der Waals surface area (Å²) in [5, 5.41) is 9.93. The number of ether oxygens (including phenoxy) is 1. The number of benzene rings is 1. The van der Waals surface area contributed by atoms with Crippen LogP contribution in [0.3, 0.4) is 0 Å². The normalized spacial score (nSPS) is 17.2. The lowest BCUT2D eigenvalue weighted by atomic mass is 9.87. The maximum Gasteiger partial charge on any atom is 0.269 e. The highest BCUT2D eigenvalue weighted by molar-refractivity contribution is 7.89. The minimum absolute atomic E-state index is 0.0443. The van der Waals surface area contributed by atoms with E-state index in [0.717, 1.165) is 24.2 Å². The van der Waals surface area contributed by atoms with E-state index in [2.05, 4.69) is 0 Å². The Kier molecular flexibility index (Phi) is 9.19. The Hall–Kier alpha value is -3.30. The quantitative estimate of drug-likeness (QED) is 0.370. The fraction of sp³-hybridized carbons (Fsp3) is 0.433. The zero-order valence-electron chi connectivity index (χ0n) is 24.0. The Morgan fingerprint density at radius 1 is 1.17 bits per heavy atom. The number of sulfonamides is 1. The first kappa shape index (κ1) is 30.7. The highest BCUT2D eigenvalue weighted by Gasteiger charge is 2.28. The lowest BCUT2D eigenvalue weighted by molar-refractivity contribution is -0.120. The molecule has 1 aromatic carbocycles. The molecular weight excluding hydrogens is 562 g/mol. The number of rotatable bonds is 9. The molecule has 2 aromatic heterocycles. The minimum Gasteiger partial charge on any atom is -0.457 e. The van der Waals surface area contributed by atoms with E-state index in [-0.39, 0.29) is 34.5 Å². The van der Waals surface area contributed by atoms with Crippen LogP contribution in [0.5, 0.6) is 0 Å². The van der Waals surface area contributed by atoms with Crippen LogP contribution in [0, 0.1) is 16.7 Å². The third-order valence-electron chi connectivity index (χ3n) is 6.93. The van der Waals surface area contributed by atoms with Crippen molar-refractivity contribution in [3.63, 3.8) is 0 Å². The molecule has 0 N–H and O–H groups in total. The number of hydrogen-bond donors (Lipinski definition) is 0. The topological polar surface area (TPSA) is 123 Å². The fourth-order valence-corrected chi connectivity index (χ4v) is 7.20.